The number of nitrogens with zero attached hydrogens (tertiary/aromatic N) is 5. The summed E-state index contributed by atoms with van der Waals surface area (Å²) in [6.07, 6.45) is 2.60. The topological polar surface area (TPSA) is 225 Å². The average molecular weight is 634 g/mol. The van der Waals surface area contributed by atoms with Gasteiger partial charge in [0.1, 0.15) is 12.6 Å². The minimum Gasteiger partial charge on any atom is -0.459 e. The third kappa shape index (κ3) is 7.97. The van der Waals surface area contributed by atoms with Crippen LogP contribution in [0.25, 0.3) is 11.2 Å². The largest absolute Gasteiger partial charge is 0.459 e. The Hall–Kier alpha value is -5.38. The molecule has 2 amide bonds. The van der Waals surface area contributed by atoms with Crippen molar-refractivity contribution in [3.05, 3.63) is 77.1 Å². The molecule has 15 nitrogen and oxygen atoms in total. The molecule has 1 atom stereocenters. The molecule has 4 aromatic rings. The van der Waals surface area contributed by atoms with Crippen LogP contribution >= 0.6 is 0 Å². The van der Waals surface area contributed by atoms with Crippen molar-refractivity contribution in [3.8, 4) is 0 Å². The molecule has 3 heterocycles. The maximum Gasteiger partial charge on any atom is 0.328 e. The zero-order chi connectivity index (χ0) is 32.1. The van der Waals surface area contributed by atoms with Crippen LogP contribution in [0, 0.1) is 0 Å². The fourth-order valence-corrected chi connectivity index (χ4v) is 5.40. The quantitative estimate of drug-likeness (QED) is 0.168. The third-order valence-electron chi connectivity index (χ3n) is 6.96. The molecule has 0 unspecified atom stereocenters. The summed E-state index contributed by atoms with van der Waals surface area (Å²) in [5.41, 5.74) is 15.8. The van der Waals surface area contributed by atoms with E-state index in [4.69, 9.17) is 16.2 Å². The summed E-state index contributed by atoms with van der Waals surface area (Å²) in [6, 6.07) is 13.0. The number of rotatable bonds is 11. The van der Waals surface area contributed by atoms with Crippen molar-refractivity contribution in [3.63, 3.8) is 0 Å². The highest BCUT2D eigenvalue weighted by atomic mass is 32.2. The second-order valence-corrected chi connectivity index (χ2v) is 12.2. The standard InChI is InChI=1S/C29H31N9O6S/c1-45(42,43)37-23(39)10-8-21(28(41)44-16-17-5-3-2-4-6-17)34-27(40)19-7-9-22-18(13-19)11-12-38(22)15-20-14-32-26-24(33-20)25(30)35-29(31)36-26/h2-7,9,13-14,21H,8,10-12,15-16H2,1H3,(H,34,40)(H,37,39)(H4,30,31,32,35,36)/t21-/m0/s1. The molecule has 0 saturated heterocycles. The number of aromatic nitrogens is 4. The molecule has 0 bridgehead atoms. The first kappa shape index (κ1) is 31.1. The van der Waals surface area contributed by atoms with E-state index >= 15 is 0 Å². The zero-order valence-corrected chi connectivity index (χ0v) is 25.1. The van der Waals surface area contributed by atoms with Crippen LogP contribution in [0.1, 0.15) is 40.0 Å². The normalized spacial score (nSPS) is 13.2. The van der Waals surface area contributed by atoms with Crippen LogP contribution < -0.4 is 26.4 Å². The second kappa shape index (κ2) is 13.1. The lowest BCUT2D eigenvalue weighted by Crippen LogP contribution is -2.43. The smallest absolute Gasteiger partial charge is 0.328 e. The van der Waals surface area contributed by atoms with Crippen LogP contribution in [0.4, 0.5) is 17.5 Å². The van der Waals surface area contributed by atoms with E-state index < -0.39 is 33.8 Å². The molecule has 0 aliphatic carbocycles. The van der Waals surface area contributed by atoms with E-state index in [9.17, 15) is 22.8 Å². The Balaban J connectivity index is 1.27. The predicted octanol–water partition coefficient (Wildman–Crippen LogP) is 0.845. The second-order valence-electron chi connectivity index (χ2n) is 10.5. The molecule has 234 valence electrons. The molecule has 0 saturated carbocycles. The number of nitrogens with two attached hydrogens (primary N) is 2. The van der Waals surface area contributed by atoms with Gasteiger partial charge in [-0.05, 0) is 42.2 Å². The summed E-state index contributed by atoms with van der Waals surface area (Å²) < 4.78 is 30.1. The minimum atomic E-state index is -3.78. The van der Waals surface area contributed by atoms with Crippen molar-refractivity contribution >= 4 is 56.4 Å². The number of nitrogen functional groups attached to an aromatic ring is 2. The highest BCUT2D eigenvalue weighted by molar-refractivity contribution is 7.89. The van der Waals surface area contributed by atoms with Gasteiger partial charge in [-0.3, -0.25) is 14.3 Å². The summed E-state index contributed by atoms with van der Waals surface area (Å²) in [5.74, 6) is -1.94. The van der Waals surface area contributed by atoms with E-state index in [1.807, 2.05) is 16.9 Å². The van der Waals surface area contributed by atoms with Gasteiger partial charge in [-0.25, -0.2) is 23.2 Å². The molecule has 2 aromatic carbocycles. The Morgan fingerprint density at radius 2 is 1.84 bits per heavy atom. The molecule has 5 rings (SSSR count). The molecule has 2 aromatic heterocycles. The number of nitrogens with one attached hydrogen (secondary N) is 2. The summed E-state index contributed by atoms with van der Waals surface area (Å²) in [7, 11) is -3.78. The van der Waals surface area contributed by atoms with Crippen molar-refractivity contribution in [1.29, 1.82) is 0 Å². The van der Waals surface area contributed by atoms with E-state index in [0.29, 0.717) is 41.9 Å². The van der Waals surface area contributed by atoms with E-state index in [1.54, 1.807) is 42.6 Å². The summed E-state index contributed by atoms with van der Waals surface area (Å²) in [5, 5.41) is 2.65. The first-order valence-corrected chi connectivity index (χ1v) is 15.8. The summed E-state index contributed by atoms with van der Waals surface area (Å²) >= 11 is 0. The van der Waals surface area contributed by atoms with Crippen molar-refractivity contribution in [1.82, 2.24) is 30.0 Å². The molecular formula is C29H31N9O6S. The Kier molecular flexibility index (Phi) is 9.03. The highest BCUT2D eigenvalue weighted by Gasteiger charge is 2.26. The lowest BCUT2D eigenvalue weighted by atomic mass is 10.1. The lowest BCUT2D eigenvalue weighted by molar-refractivity contribution is -0.147. The molecular weight excluding hydrogens is 602 g/mol. The number of hydrogen-bond donors (Lipinski definition) is 4. The molecule has 0 spiro atoms. The Morgan fingerprint density at radius 1 is 1.07 bits per heavy atom. The number of sulfonamides is 1. The minimum absolute atomic E-state index is 0.0169. The maximum absolute atomic E-state index is 13.3. The van der Waals surface area contributed by atoms with Crippen molar-refractivity contribution in [2.24, 2.45) is 0 Å². The number of ether oxygens (including phenoxy) is 1. The van der Waals surface area contributed by atoms with Crippen molar-refractivity contribution < 1.29 is 27.5 Å². The van der Waals surface area contributed by atoms with Crippen LogP contribution in [0.5, 0.6) is 0 Å². The Labute approximate surface area is 258 Å². The van der Waals surface area contributed by atoms with Crippen LogP contribution in [-0.4, -0.2) is 65.0 Å². The van der Waals surface area contributed by atoms with Gasteiger partial charge in [-0.2, -0.15) is 9.97 Å². The number of benzene rings is 2. The number of anilines is 3. The SMILES string of the molecule is CS(=O)(=O)NC(=O)CC[C@H](NC(=O)c1ccc2c(c1)CCN2Cc1cnc2nc(N)nc(N)c2n1)C(=O)OCc1ccccc1. The molecule has 6 N–H and O–H groups in total. The van der Waals surface area contributed by atoms with Crippen LogP contribution in [-0.2, 0) is 43.9 Å². The average Bonchev–Trinajstić information content (AvgIpc) is 3.39. The van der Waals surface area contributed by atoms with Gasteiger partial charge in [0.25, 0.3) is 5.91 Å². The fraction of sp³-hybridized carbons (Fsp3) is 0.276. The van der Waals surface area contributed by atoms with E-state index in [-0.39, 0.29) is 31.2 Å². The predicted molar refractivity (Wildman–Crippen MR) is 165 cm³/mol. The number of carbonyl (C=O) groups is 3. The van der Waals surface area contributed by atoms with Gasteiger partial charge in [-0.1, -0.05) is 30.3 Å². The van der Waals surface area contributed by atoms with E-state index in [0.717, 1.165) is 23.1 Å². The van der Waals surface area contributed by atoms with Crippen molar-refractivity contribution in [2.45, 2.75) is 38.5 Å². The van der Waals surface area contributed by atoms with Gasteiger partial charge in [0.05, 0.1) is 24.7 Å². The molecule has 45 heavy (non-hydrogen) atoms. The number of fused-ring (bicyclic) bond motifs is 2. The Morgan fingerprint density at radius 3 is 2.60 bits per heavy atom. The van der Waals surface area contributed by atoms with Crippen LogP contribution in [0.2, 0.25) is 0 Å². The Bertz CT molecular complexity index is 1870. The number of amides is 2. The third-order valence-corrected chi connectivity index (χ3v) is 7.56. The van der Waals surface area contributed by atoms with Gasteiger partial charge < -0.3 is 26.4 Å². The van der Waals surface area contributed by atoms with Gasteiger partial charge >= 0.3 is 5.97 Å². The molecule has 0 fully saturated rings. The molecule has 1 aliphatic rings. The van der Waals surface area contributed by atoms with Crippen LogP contribution in [0.3, 0.4) is 0 Å². The summed E-state index contributed by atoms with van der Waals surface area (Å²) in [4.78, 5) is 57.3. The van der Waals surface area contributed by atoms with Gasteiger partial charge in [0, 0.05) is 24.2 Å². The van der Waals surface area contributed by atoms with E-state index in [1.165, 1.54) is 0 Å². The summed E-state index contributed by atoms with van der Waals surface area (Å²) in [6.45, 7) is 1.05. The van der Waals surface area contributed by atoms with Gasteiger partial charge in [0.15, 0.2) is 17.0 Å². The zero-order valence-electron chi connectivity index (χ0n) is 24.3. The molecule has 1 aliphatic heterocycles. The number of esters is 1. The van der Waals surface area contributed by atoms with Crippen molar-refractivity contribution in [2.75, 3.05) is 29.2 Å². The van der Waals surface area contributed by atoms with Crippen LogP contribution in [0.15, 0.2) is 54.7 Å². The lowest BCUT2D eigenvalue weighted by Gasteiger charge is -2.20. The number of carbonyl (C=O) groups excluding carboxylic acids is 3. The van der Waals surface area contributed by atoms with E-state index in [2.05, 4.69) is 30.2 Å². The molecule has 16 heteroatoms. The van der Waals surface area contributed by atoms with Gasteiger partial charge in [0.2, 0.25) is 21.9 Å². The van der Waals surface area contributed by atoms with Gasteiger partial charge in [-0.15, -0.1) is 0 Å². The maximum atomic E-state index is 13.3. The number of hydrogen-bond acceptors (Lipinski definition) is 13. The highest BCUT2D eigenvalue weighted by Crippen LogP contribution is 2.30. The molecule has 0 radical (unpaired) electrons. The monoisotopic (exact) mass is 633 g/mol. The fourth-order valence-electron chi connectivity index (χ4n) is 4.88. The first-order chi connectivity index (χ1) is 21.4. The first-order valence-electron chi connectivity index (χ1n) is 13.9.